The highest BCUT2D eigenvalue weighted by atomic mass is 16.5. The van der Waals surface area contributed by atoms with Crippen LogP contribution in [0.5, 0.6) is 11.5 Å². The van der Waals surface area contributed by atoms with Crippen molar-refractivity contribution in [1.29, 1.82) is 0 Å². The van der Waals surface area contributed by atoms with Crippen LogP contribution in [-0.2, 0) is 13.1 Å². The Labute approximate surface area is 274 Å². The average Bonchev–Trinajstić information content (AvgIpc) is 3.12. The first-order valence-corrected chi connectivity index (χ1v) is 15.6. The number of amides is 4. The van der Waals surface area contributed by atoms with E-state index in [1.807, 2.05) is 72.8 Å². The molecule has 9 rings (SSSR count). The zero-order valence-corrected chi connectivity index (χ0v) is 26.0. The highest BCUT2D eigenvalue weighted by Gasteiger charge is 2.37. The van der Waals surface area contributed by atoms with Crippen LogP contribution in [0, 0.1) is 0 Å². The van der Waals surface area contributed by atoms with E-state index in [-0.39, 0.29) is 36.7 Å². The molecule has 7 aromatic carbocycles. The van der Waals surface area contributed by atoms with Gasteiger partial charge >= 0.3 is 0 Å². The molecule has 0 unspecified atom stereocenters. The first kappa shape index (κ1) is 28.0. The van der Waals surface area contributed by atoms with Gasteiger partial charge < -0.3 is 9.47 Å². The maximum atomic E-state index is 13.9. The molecule has 0 atom stereocenters. The van der Waals surface area contributed by atoms with E-state index < -0.39 is 0 Å². The van der Waals surface area contributed by atoms with Gasteiger partial charge in [-0.25, -0.2) is 0 Å². The lowest BCUT2D eigenvalue weighted by Gasteiger charge is -2.30. The predicted octanol–water partition coefficient (Wildman–Crippen LogP) is 7.35. The van der Waals surface area contributed by atoms with Crippen molar-refractivity contribution in [2.24, 2.45) is 0 Å². The fraction of sp³-hybridized carbons (Fsp3) is 0.100. The monoisotopic (exact) mass is 630 g/mol. The lowest BCUT2D eigenvalue weighted by Crippen LogP contribution is -2.40. The molecule has 7 aromatic rings. The van der Waals surface area contributed by atoms with Gasteiger partial charge in [-0.15, -0.1) is 0 Å². The van der Waals surface area contributed by atoms with E-state index in [1.54, 1.807) is 38.5 Å². The quantitative estimate of drug-likeness (QED) is 0.108. The van der Waals surface area contributed by atoms with E-state index in [9.17, 15) is 19.2 Å². The third kappa shape index (κ3) is 3.77. The molecule has 0 bridgehead atoms. The zero-order valence-electron chi connectivity index (χ0n) is 26.0. The average molecular weight is 631 g/mol. The normalized spacial score (nSPS) is 14.3. The molecule has 0 aliphatic carbocycles. The van der Waals surface area contributed by atoms with Gasteiger partial charge in [-0.3, -0.25) is 29.0 Å². The van der Waals surface area contributed by atoms with Crippen LogP contribution in [0.4, 0.5) is 0 Å². The van der Waals surface area contributed by atoms with Gasteiger partial charge in [0.25, 0.3) is 23.6 Å². The summed E-state index contributed by atoms with van der Waals surface area (Å²) in [6, 6.07) is 29.4. The van der Waals surface area contributed by atoms with Crippen molar-refractivity contribution < 1.29 is 28.7 Å². The van der Waals surface area contributed by atoms with E-state index in [0.29, 0.717) is 44.5 Å². The van der Waals surface area contributed by atoms with Crippen molar-refractivity contribution >= 4 is 66.7 Å². The first-order chi connectivity index (χ1) is 23.4. The summed E-state index contributed by atoms with van der Waals surface area (Å²) in [5.41, 5.74) is 3.40. The Kier molecular flexibility index (Phi) is 5.89. The molecule has 2 aliphatic heterocycles. The van der Waals surface area contributed by atoms with E-state index >= 15 is 0 Å². The number of hydrogen-bond acceptors (Lipinski definition) is 6. The summed E-state index contributed by atoms with van der Waals surface area (Å²) in [7, 11) is 3.15. The molecule has 0 N–H and O–H groups in total. The maximum Gasteiger partial charge on any atom is 0.261 e. The number of methoxy groups -OCH3 is 2. The summed E-state index contributed by atoms with van der Waals surface area (Å²) < 4.78 is 10.7. The Hall–Kier alpha value is -6.28. The zero-order chi connectivity index (χ0) is 32.8. The van der Waals surface area contributed by atoms with Gasteiger partial charge in [0.05, 0.1) is 27.3 Å². The lowest BCUT2D eigenvalue weighted by molar-refractivity contribution is 0.0583. The van der Waals surface area contributed by atoms with Crippen molar-refractivity contribution in [2.45, 2.75) is 13.1 Å². The highest BCUT2D eigenvalue weighted by Crippen LogP contribution is 2.46. The number of hydrogen-bond donors (Lipinski definition) is 0. The Morgan fingerprint density at radius 1 is 0.438 bits per heavy atom. The lowest BCUT2D eigenvalue weighted by atomic mass is 9.82. The Balaban J connectivity index is 1.20. The summed E-state index contributed by atoms with van der Waals surface area (Å²) in [6.45, 7) is 0.230. The van der Waals surface area contributed by atoms with Gasteiger partial charge in [-0.05, 0) is 92.0 Å². The largest absolute Gasteiger partial charge is 0.497 e. The van der Waals surface area contributed by atoms with Crippen LogP contribution in [0.1, 0.15) is 52.6 Å². The number of carbonyl (C=O) groups is 4. The van der Waals surface area contributed by atoms with Gasteiger partial charge in [0, 0.05) is 33.0 Å². The number of ether oxygens (including phenoxy) is 2. The van der Waals surface area contributed by atoms with Crippen LogP contribution >= 0.6 is 0 Å². The Bertz CT molecular complexity index is 2290. The molecule has 0 saturated heterocycles. The molecule has 2 aliphatic rings. The molecule has 0 radical (unpaired) electrons. The Morgan fingerprint density at radius 3 is 1.08 bits per heavy atom. The number of benzene rings is 7. The second-order valence-corrected chi connectivity index (χ2v) is 12.2. The van der Waals surface area contributed by atoms with Gasteiger partial charge in [0.2, 0.25) is 0 Å². The fourth-order valence-electron chi connectivity index (χ4n) is 7.56. The molecule has 8 nitrogen and oxygen atoms in total. The van der Waals surface area contributed by atoms with Crippen LogP contribution in [0.3, 0.4) is 0 Å². The van der Waals surface area contributed by atoms with E-state index in [4.69, 9.17) is 9.47 Å². The minimum absolute atomic E-state index is 0.115. The van der Waals surface area contributed by atoms with Crippen LogP contribution in [0.25, 0.3) is 43.1 Å². The second kappa shape index (κ2) is 10.1. The second-order valence-electron chi connectivity index (χ2n) is 12.2. The first-order valence-electron chi connectivity index (χ1n) is 15.6. The minimum Gasteiger partial charge on any atom is -0.497 e. The summed E-state index contributed by atoms with van der Waals surface area (Å²) in [4.78, 5) is 58.3. The van der Waals surface area contributed by atoms with Gasteiger partial charge in [0.15, 0.2) is 0 Å². The van der Waals surface area contributed by atoms with Crippen molar-refractivity contribution in [2.75, 3.05) is 14.2 Å². The fourth-order valence-corrected chi connectivity index (χ4v) is 7.56. The topological polar surface area (TPSA) is 93.2 Å². The summed E-state index contributed by atoms with van der Waals surface area (Å²) in [5, 5.41) is 6.28. The SMILES string of the molecule is COc1cccc(CN2C(=O)c3ccc4c5ccc6c7c(ccc(c8ccc(c3c48)C2=O)c75)C(=O)N(Cc2cccc(OC)c2)C6=O)c1. The van der Waals surface area contributed by atoms with Gasteiger partial charge in [-0.2, -0.15) is 0 Å². The minimum atomic E-state index is -0.359. The van der Waals surface area contributed by atoms with Crippen molar-refractivity contribution in [1.82, 2.24) is 9.80 Å². The summed E-state index contributed by atoms with van der Waals surface area (Å²) in [6.07, 6.45) is 0. The number of imide groups is 2. The van der Waals surface area contributed by atoms with Gasteiger partial charge in [0.1, 0.15) is 11.5 Å². The van der Waals surface area contributed by atoms with E-state index in [0.717, 1.165) is 43.4 Å². The molecular weight excluding hydrogens is 604 g/mol. The molecule has 0 saturated carbocycles. The predicted molar refractivity (Wildman–Crippen MR) is 182 cm³/mol. The van der Waals surface area contributed by atoms with Crippen LogP contribution < -0.4 is 9.47 Å². The van der Waals surface area contributed by atoms with Crippen LogP contribution in [0.15, 0.2) is 97.1 Å². The molecule has 0 fully saturated rings. The molecule has 48 heavy (non-hydrogen) atoms. The molecule has 8 heteroatoms. The number of nitrogens with zero attached hydrogens (tertiary/aromatic N) is 2. The molecule has 4 amide bonds. The summed E-state index contributed by atoms with van der Waals surface area (Å²) in [5.74, 6) is -0.139. The molecular formula is C40H26N2O6. The molecule has 232 valence electrons. The Morgan fingerprint density at radius 2 is 0.771 bits per heavy atom. The number of fused-ring (bicyclic) bond motifs is 2. The van der Waals surface area contributed by atoms with Crippen LogP contribution in [0.2, 0.25) is 0 Å². The van der Waals surface area contributed by atoms with Crippen molar-refractivity contribution in [3.05, 3.63) is 130 Å². The number of rotatable bonds is 6. The summed E-state index contributed by atoms with van der Waals surface area (Å²) >= 11 is 0. The highest BCUT2D eigenvalue weighted by molar-refractivity contribution is 6.41. The van der Waals surface area contributed by atoms with Crippen molar-refractivity contribution in [3.8, 4) is 11.5 Å². The van der Waals surface area contributed by atoms with Crippen molar-refractivity contribution in [3.63, 3.8) is 0 Å². The van der Waals surface area contributed by atoms with Gasteiger partial charge in [-0.1, -0.05) is 48.5 Å². The number of carbonyl (C=O) groups excluding carboxylic acids is 4. The molecule has 0 aromatic heterocycles. The maximum absolute atomic E-state index is 13.9. The standard InChI is InChI=1S/C40H26N2O6/c1-47-23-7-3-5-21(17-23)19-41-37(43)29-13-9-25-27-11-15-31-36-32(40(46)42(39(31)45)20-22-6-4-8-24(18-22)48-2)16-12-28(34(27)36)26-10-14-30(38(41)44)35(29)33(25)26/h3-18H,19-20H2,1-2H3. The molecule has 0 spiro atoms. The van der Waals surface area contributed by atoms with E-state index in [1.165, 1.54) is 9.80 Å². The third-order valence-corrected chi connectivity index (χ3v) is 9.75. The molecule has 2 heterocycles. The van der Waals surface area contributed by atoms with E-state index in [2.05, 4.69) is 0 Å². The van der Waals surface area contributed by atoms with Crippen LogP contribution in [-0.4, -0.2) is 47.6 Å². The third-order valence-electron chi connectivity index (χ3n) is 9.75. The smallest absolute Gasteiger partial charge is 0.261 e.